The molecule has 0 aliphatic carbocycles. The van der Waals surface area contributed by atoms with Crippen LogP contribution in [0.15, 0.2) is 37.8 Å². The van der Waals surface area contributed by atoms with Crippen molar-refractivity contribution in [1.29, 1.82) is 0 Å². The van der Waals surface area contributed by atoms with Crippen LogP contribution >= 0.6 is 0 Å². The van der Waals surface area contributed by atoms with Gasteiger partial charge in [0, 0.05) is 25.9 Å². The summed E-state index contributed by atoms with van der Waals surface area (Å²) in [5, 5.41) is 5.48. The van der Waals surface area contributed by atoms with Gasteiger partial charge in [0.25, 0.3) is 0 Å². The Bertz CT molecular complexity index is 705. The number of carbonyl (C=O) groups excluding carboxylic acids is 2. The second-order valence-corrected chi connectivity index (χ2v) is 6.12. The maximum atomic E-state index is 11.8. The van der Waals surface area contributed by atoms with E-state index in [0.717, 1.165) is 22.3 Å². The summed E-state index contributed by atoms with van der Waals surface area (Å²) in [4.78, 5) is 23.4. The average Bonchev–Trinajstić information content (AvgIpc) is 2.72. The van der Waals surface area contributed by atoms with Crippen LogP contribution in [0, 0.1) is 0 Å². The van der Waals surface area contributed by atoms with Crippen LogP contribution < -0.4 is 10.6 Å². The molecule has 166 valence electrons. The number of amides is 2. The van der Waals surface area contributed by atoms with Crippen molar-refractivity contribution in [3.8, 4) is 0 Å². The maximum absolute atomic E-state index is 11.8. The lowest BCUT2D eigenvalue weighted by Gasteiger charge is -2.18. The molecule has 30 heavy (non-hydrogen) atoms. The van der Waals surface area contributed by atoms with Crippen LogP contribution in [0.4, 0.5) is 9.59 Å². The van der Waals surface area contributed by atoms with Gasteiger partial charge < -0.3 is 29.6 Å². The highest BCUT2D eigenvalue weighted by Crippen LogP contribution is 2.21. The summed E-state index contributed by atoms with van der Waals surface area (Å²) in [6, 6.07) is 3.95. The molecule has 0 radical (unpaired) electrons. The van der Waals surface area contributed by atoms with Crippen molar-refractivity contribution in [1.82, 2.24) is 10.6 Å². The summed E-state index contributed by atoms with van der Waals surface area (Å²) in [6.45, 7) is 12.7. The average molecular weight is 421 g/mol. The molecule has 0 bridgehead atoms. The zero-order chi connectivity index (χ0) is 22.2. The van der Waals surface area contributed by atoms with Crippen LogP contribution in [0.25, 0.3) is 0 Å². The van der Waals surface area contributed by atoms with E-state index in [0.29, 0.717) is 45.8 Å². The lowest BCUT2D eigenvalue weighted by molar-refractivity contribution is 0.151. The molecule has 0 saturated heterocycles. The fourth-order valence-electron chi connectivity index (χ4n) is 2.88. The van der Waals surface area contributed by atoms with Gasteiger partial charge in [-0.1, -0.05) is 25.3 Å². The van der Waals surface area contributed by atoms with Crippen LogP contribution in [0.3, 0.4) is 0 Å². The van der Waals surface area contributed by atoms with Gasteiger partial charge in [-0.15, -0.1) is 0 Å². The van der Waals surface area contributed by atoms with Gasteiger partial charge in [0.05, 0.1) is 39.0 Å². The number of hydrogen-bond acceptors (Lipinski definition) is 6. The zero-order valence-electron chi connectivity index (χ0n) is 17.8. The van der Waals surface area contributed by atoms with Crippen LogP contribution in [0.5, 0.6) is 0 Å². The minimum atomic E-state index is -0.489. The molecular weight excluding hydrogens is 388 g/mol. The third-order valence-corrected chi connectivity index (χ3v) is 4.10. The van der Waals surface area contributed by atoms with Gasteiger partial charge in [-0.25, -0.2) is 9.59 Å². The second-order valence-electron chi connectivity index (χ2n) is 6.12. The minimum absolute atomic E-state index is 0.283. The number of alkyl carbamates (subject to hydrolysis) is 2. The normalized spacial score (nSPS) is 9.93. The van der Waals surface area contributed by atoms with Crippen molar-refractivity contribution in [3.05, 3.63) is 60.1 Å². The Balaban J connectivity index is 3.14. The van der Waals surface area contributed by atoms with E-state index < -0.39 is 12.2 Å². The van der Waals surface area contributed by atoms with Crippen molar-refractivity contribution >= 4 is 12.2 Å². The summed E-state index contributed by atoms with van der Waals surface area (Å²) in [7, 11) is 0. The Kier molecular flexibility index (Phi) is 12.3. The molecule has 2 N–H and O–H groups in total. The molecule has 8 nitrogen and oxygen atoms in total. The third kappa shape index (κ3) is 9.36. The summed E-state index contributed by atoms with van der Waals surface area (Å²) in [5.41, 5.74) is 3.87. The summed E-state index contributed by atoms with van der Waals surface area (Å²) in [5.74, 6) is 0. The molecule has 0 heterocycles. The Morgan fingerprint density at radius 1 is 0.867 bits per heavy atom. The summed E-state index contributed by atoms with van der Waals surface area (Å²) in [6.07, 6.45) is 3.08. The van der Waals surface area contributed by atoms with E-state index in [1.165, 1.54) is 12.5 Å². The first kappa shape index (κ1) is 24.9. The molecule has 2 amide bonds. The Labute approximate surface area is 178 Å². The van der Waals surface area contributed by atoms with E-state index in [1.807, 2.05) is 12.1 Å². The number of ether oxygens (including phenoxy) is 4. The highest BCUT2D eigenvalue weighted by atomic mass is 16.6. The molecule has 0 aliphatic heterocycles. The summed E-state index contributed by atoms with van der Waals surface area (Å²) >= 11 is 0. The zero-order valence-corrected chi connectivity index (χ0v) is 17.8. The Morgan fingerprint density at radius 2 is 1.40 bits per heavy atom. The minimum Gasteiger partial charge on any atom is -0.501 e. The van der Waals surface area contributed by atoms with Crippen LogP contribution in [-0.2, 0) is 44.9 Å². The van der Waals surface area contributed by atoms with Crippen LogP contribution in [-0.4, -0.2) is 38.6 Å². The SMILES string of the molecule is C=COCCc1cc(CNC(=O)OCC)cc(CNC(=O)OCC)c1CCOC=C. The molecule has 0 saturated carbocycles. The molecule has 8 heteroatoms. The lowest BCUT2D eigenvalue weighted by atomic mass is 9.93. The number of hydrogen-bond donors (Lipinski definition) is 2. The van der Waals surface area contributed by atoms with Gasteiger partial charge >= 0.3 is 12.2 Å². The van der Waals surface area contributed by atoms with Crippen molar-refractivity contribution in [2.24, 2.45) is 0 Å². The van der Waals surface area contributed by atoms with E-state index in [1.54, 1.807) is 13.8 Å². The van der Waals surface area contributed by atoms with E-state index in [9.17, 15) is 9.59 Å². The highest BCUT2D eigenvalue weighted by Gasteiger charge is 2.14. The fourth-order valence-corrected chi connectivity index (χ4v) is 2.88. The molecule has 0 spiro atoms. The standard InChI is InChI=1S/C22H32N2O6/c1-5-27-11-9-18-13-17(15-23-21(25)29-7-3)14-19(16-24-22(26)30-8-4)20(18)10-12-28-6-2/h5-6,13-14H,1-2,7-12,15-16H2,3-4H3,(H,23,25)(H,24,26). The number of carbonyl (C=O) groups is 2. The van der Waals surface area contributed by atoms with E-state index in [-0.39, 0.29) is 6.54 Å². The molecule has 0 aromatic heterocycles. The molecule has 1 aromatic carbocycles. The lowest BCUT2D eigenvalue weighted by Crippen LogP contribution is -2.26. The predicted molar refractivity (Wildman–Crippen MR) is 114 cm³/mol. The quantitative estimate of drug-likeness (QED) is 0.353. The van der Waals surface area contributed by atoms with Gasteiger partial charge in [0.15, 0.2) is 0 Å². The van der Waals surface area contributed by atoms with Gasteiger partial charge in [-0.2, -0.15) is 0 Å². The van der Waals surface area contributed by atoms with E-state index in [2.05, 4.69) is 23.8 Å². The Morgan fingerprint density at radius 3 is 1.97 bits per heavy atom. The first-order valence-corrected chi connectivity index (χ1v) is 9.95. The van der Waals surface area contributed by atoms with Gasteiger partial charge in [0.1, 0.15) is 0 Å². The molecule has 0 unspecified atom stereocenters. The Hall–Kier alpha value is -3.16. The highest BCUT2D eigenvalue weighted by molar-refractivity contribution is 5.67. The number of benzene rings is 1. The molecule has 1 aromatic rings. The van der Waals surface area contributed by atoms with Gasteiger partial charge in [0.2, 0.25) is 0 Å². The predicted octanol–water partition coefficient (Wildman–Crippen LogP) is 3.58. The molecule has 0 atom stereocenters. The first-order valence-electron chi connectivity index (χ1n) is 9.95. The number of rotatable bonds is 14. The third-order valence-electron chi connectivity index (χ3n) is 4.10. The molecule has 1 rings (SSSR count). The smallest absolute Gasteiger partial charge is 0.407 e. The van der Waals surface area contributed by atoms with Gasteiger partial charge in [-0.3, -0.25) is 0 Å². The second kappa shape index (κ2) is 14.8. The first-order chi connectivity index (χ1) is 14.5. The fraction of sp³-hybridized carbons (Fsp3) is 0.455. The van der Waals surface area contributed by atoms with Crippen molar-refractivity contribution in [2.75, 3.05) is 26.4 Å². The van der Waals surface area contributed by atoms with Crippen molar-refractivity contribution < 1.29 is 28.5 Å². The van der Waals surface area contributed by atoms with Gasteiger partial charge in [-0.05, 0) is 36.1 Å². The van der Waals surface area contributed by atoms with E-state index in [4.69, 9.17) is 18.9 Å². The largest absolute Gasteiger partial charge is 0.501 e. The van der Waals surface area contributed by atoms with Crippen LogP contribution in [0.2, 0.25) is 0 Å². The monoisotopic (exact) mass is 420 g/mol. The number of nitrogens with one attached hydrogen (secondary N) is 2. The van der Waals surface area contributed by atoms with Crippen molar-refractivity contribution in [3.63, 3.8) is 0 Å². The van der Waals surface area contributed by atoms with E-state index >= 15 is 0 Å². The topological polar surface area (TPSA) is 95.1 Å². The maximum Gasteiger partial charge on any atom is 0.407 e. The molecule has 0 aliphatic rings. The molecular formula is C22H32N2O6. The molecule has 0 fully saturated rings. The van der Waals surface area contributed by atoms with Crippen LogP contribution in [0.1, 0.15) is 36.1 Å². The summed E-state index contributed by atoms with van der Waals surface area (Å²) < 4.78 is 20.5. The van der Waals surface area contributed by atoms with Crippen molar-refractivity contribution in [2.45, 2.75) is 39.8 Å².